The number of piperazine rings is 1. The molecular weight excluding hydrogens is 760 g/mol. The molecule has 300 valence electrons. The minimum Gasteiger partial charge on any atom is -0.461 e. The molecule has 0 spiro atoms. The minimum atomic E-state index is -4.38. The van der Waals surface area contributed by atoms with E-state index in [0.29, 0.717) is 40.2 Å². The SMILES string of the molecule is C#Cc1c(F)ccc2cccc(-c3nc4c5c(nc(OCC67CCCN6CCC7)nc5c3F)N3CCNCC3CCC4)c12.CC.CSc1cc(C(F)(F)F)ncn1. The van der Waals surface area contributed by atoms with Gasteiger partial charge in [0.2, 0.25) is 0 Å². The van der Waals surface area contributed by atoms with Gasteiger partial charge in [-0.05, 0) is 75.7 Å². The number of nitrogens with zero attached hydrogens (tertiary/aromatic N) is 7. The monoisotopic (exact) mass is 804 g/mol. The molecule has 9 nitrogen and oxygen atoms in total. The molecule has 0 amide bonds. The average molecular weight is 805 g/mol. The molecule has 4 aliphatic rings. The van der Waals surface area contributed by atoms with Gasteiger partial charge in [0.15, 0.2) is 5.82 Å². The first-order valence-electron chi connectivity index (χ1n) is 19.5. The number of benzene rings is 2. The summed E-state index contributed by atoms with van der Waals surface area (Å²) in [6.45, 7) is 9.09. The zero-order chi connectivity index (χ0) is 40.3. The van der Waals surface area contributed by atoms with Crippen LogP contribution in [-0.2, 0) is 12.6 Å². The van der Waals surface area contributed by atoms with E-state index in [4.69, 9.17) is 26.1 Å². The van der Waals surface area contributed by atoms with E-state index < -0.39 is 23.5 Å². The number of thioether (sulfide) groups is 1. The summed E-state index contributed by atoms with van der Waals surface area (Å²) in [6, 6.07) is 9.81. The molecule has 0 saturated carbocycles. The topological polar surface area (TPSA) is 92.2 Å². The Labute approximate surface area is 333 Å². The molecule has 1 N–H and O–H groups in total. The molecule has 0 bridgehead atoms. The Morgan fingerprint density at radius 3 is 2.53 bits per heavy atom. The second-order valence-corrected chi connectivity index (χ2v) is 15.2. The molecule has 2 aromatic carbocycles. The number of nitrogens with one attached hydrogen (secondary N) is 1. The number of terminal acetylenes is 1. The van der Waals surface area contributed by atoms with Gasteiger partial charge in [-0.1, -0.05) is 44.0 Å². The Morgan fingerprint density at radius 1 is 1.00 bits per heavy atom. The molecule has 5 aromatic rings. The molecule has 4 aliphatic heterocycles. The van der Waals surface area contributed by atoms with Crippen molar-refractivity contribution in [2.45, 2.75) is 81.6 Å². The van der Waals surface area contributed by atoms with E-state index in [1.54, 1.807) is 18.4 Å². The van der Waals surface area contributed by atoms with Crippen molar-refractivity contribution in [1.82, 2.24) is 35.1 Å². The second-order valence-electron chi connectivity index (χ2n) is 14.3. The number of ether oxygens (including phenoxy) is 1. The maximum absolute atomic E-state index is 16.9. The van der Waals surface area contributed by atoms with Crippen LogP contribution in [-0.4, -0.2) is 87.0 Å². The summed E-state index contributed by atoms with van der Waals surface area (Å²) in [6.07, 6.45) is 11.0. The first-order chi connectivity index (χ1) is 27.6. The highest BCUT2D eigenvalue weighted by atomic mass is 32.2. The van der Waals surface area contributed by atoms with Gasteiger partial charge in [-0.15, -0.1) is 18.2 Å². The quantitative estimate of drug-likeness (QED) is 0.0808. The number of hydrogen-bond acceptors (Lipinski definition) is 10. The van der Waals surface area contributed by atoms with Gasteiger partial charge in [-0.25, -0.2) is 23.7 Å². The van der Waals surface area contributed by atoms with Crippen LogP contribution in [0.1, 0.15) is 69.3 Å². The zero-order valence-corrected chi connectivity index (χ0v) is 33.0. The number of halogens is 5. The molecular formula is C42H45F5N8OS. The van der Waals surface area contributed by atoms with Crippen LogP contribution in [0, 0.1) is 24.0 Å². The number of aromatic nitrogens is 5. The maximum atomic E-state index is 16.9. The van der Waals surface area contributed by atoms with E-state index in [1.807, 2.05) is 26.0 Å². The second kappa shape index (κ2) is 17.1. The van der Waals surface area contributed by atoms with Gasteiger partial charge in [0.05, 0.1) is 27.2 Å². The molecule has 57 heavy (non-hydrogen) atoms. The highest BCUT2D eigenvalue weighted by Crippen LogP contribution is 2.42. The van der Waals surface area contributed by atoms with Crippen LogP contribution in [0.5, 0.6) is 6.01 Å². The van der Waals surface area contributed by atoms with Crippen molar-refractivity contribution in [3.8, 4) is 29.6 Å². The van der Waals surface area contributed by atoms with Gasteiger partial charge < -0.3 is 15.0 Å². The van der Waals surface area contributed by atoms with Crippen molar-refractivity contribution < 1.29 is 26.7 Å². The smallest absolute Gasteiger partial charge is 0.433 e. The van der Waals surface area contributed by atoms with Gasteiger partial charge in [-0.2, -0.15) is 23.1 Å². The van der Waals surface area contributed by atoms with E-state index in [-0.39, 0.29) is 34.4 Å². The van der Waals surface area contributed by atoms with Crippen LogP contribution in [0.2, 0.25) is 0 Å². The van der Waals surface area contributed by atoms with E-state index in [9.17, 15) is 17.6 Å². The lowest BCUT2D eigenvalue weighted by Crippen LogP contribution is -2.52. The highest BCUT2D eigenvalue weighted by Gasteiger charge is 2.45. The van der Waals surface area contributed by atoms with Crippen molar-refractivity contribution in [2.24, 2.45) is 0 Å². The number of anilines is 1. The molecule has 1 atom stereocenters. The summed E-state index contributed by atoms with van der Waals surface area (Å²) >= 11 is 1.15. The minimum absolute atomic E-state index is 0.00720. The number of fused-ring (bicyclic) bond motifs is 4. The molecule has 3 saturated heterocycles. The number of pyridine rings is 1. The Bertz CT molecular complexity index is 2290. The average Bonchev–Trinajstić information content (AvgIpc) is 3.82. The summed E-state index contributed by atoms with van der Waals surface area (Å²) in [4.78, 5) is 26.2. The van der Waals surface area contributed by atoms with Crippen LogP contribution in [0.4, 0.5) is 27.8 Å². The lowest BCUT2D eigenvalue weighted by molar-refractivity contribution is -0.141. The summed E-state index contributed by atoms with van der Waals surface area (Å²) < 4.78 is 74.3. The van der Waals surface area contributed by atoms with Gasteiger partial charge in [0.25, 0.3) is 0 Å². The standard InChI is InChI=1S/C34H34F2N6O.C6H5F3N2S.C2H6/c1-2-23-25(35)12-11-21-7-3-9-24(27(21)23)30-29(36)31-28-26(38-30)10-4-8-22-19-37-15-18-42(22)32(28)40-33(39-31)43-20-34-13-5-16-41(34)17-6-14-34;1-12-5-2-4(6(7,8)9)10-3-11-5;1-2/h1,3,7,9,11-12,22,37H,4-6,8,10,13-20H2;2-3H,1H3;1-2H3. The molecule has 7 heterocycles. The molecule has 0 aliphatic carbocycles. The first kappa shape index (κ1) is 40.5. The summed E-state index contributed by atoms with van der Waals surface area (Å²) in [7, 11) is 0. The van der Waals surface area contributed by atoms with E-state index in [0.717, 1.165) is 106 Å². The van der Waals surface area contributed by atoms with E-state index >= 15 is 4.39 Å². The molecule has 1 unspecified atom stereocenters. The summed E-state index contributed by atoms with van der Waals surface area (Å²) in [5.74, 6) is 2.09. The predicted octanol–water partition coefficient (Wildman–Crippen LogP) is 8.47. The van der Waals surface area contributed by atoms with Crippen LogP contribution in [0.15, 0.2) is 47.8 Å². The van der Waals surface area contributed by atoms with Gasteiger partial charge in [0, 0.05) is 42.7 Å². The van der Waals surface area contributed by atoms with Crippen molar-refractivity contribution in [3.63, 3.8) is 0 Å². The van der Waals surface area contributed by atoms with Gasteiger partial charge in [0.1, 0.15) is 41.5 Å². The van der Waals surface area contributed by atoms with Gasteiger partial charge >= 0.3 is 12.2 Å². The Balaban J connectivity index is 0.000000304. The lowest BCUT2D eigenvalue weighted by Gasteiger charge is -2.39. The van der Waals surface area contributed by atoms with Crippen molar-refractivity contribution in [2.75, 3.05) is 50.5 Å². The fourth-order valence-electron chi connectivity index (χ4n) is 8.60. The number of hydrogen-bond donors (Lipinski definition) is 1. The fourth-order valence-corrected chi connectivity index (χ4v) is 8.98. The van der Waals surface area contributed by atoms with Crippen molar-refractivity contribution in [3.05, 3.63) is 71.3 Å². The third kappa shape index (κ3) is 7.96. The number of aryl methyl sites for hydroxylation is 1. The maximum Gasteiger partial charge on any atom is 0.433 e. The summed E-state index contributed by atoms with van der Waals surface area (Å²) in [5, 5.41) is 5.67. The number of rotatable bonds is 5. The Hall–Kier alpha value is -4.65. The van der Waals surface area contributed by atoms with Crippen LogP contribution >= 0.6 is 11.8 Å². The third-order valence-corrected chi connectivity index (χ3v) is 11.9. The first-order valence-corrected chi connectivity index (χ1v) is 20.7. The lowest BCUT2D eigenvalue weighted by atomic mass is 9.94. The number of alkyl halides is 3. The zero-order valence-electron chi connectivity index (χ0n) is 32.2. The predicted molar refractivity (Wildman–Crippen MR) is 213 cm³/mol. The van der Waals surface area contributed by atoms with E-state index in [1.165, 1.54) is 6.07 Å². The van der Waals surface area contributed by atoms with Crippen LogP contribution in [0.3, 0.4) is 0 Å². The van der Waals surface area contributed by atoms with Crippen LogP contribution < -0.4 is 15.0 Å². The molecule has 15 heteroatoms. The van der Waals surface area contributed by atoms with Crippen molar-refractivity contribution >= 4 is 39.3 Å². The third-order valence-electron chi connectivity index (χ3n) is 11.2. The molecule has 3 aromatic heterocycles. The largest absolute Gasteiger partial charge is 0.461 e. The van der Waals surface area contributed by atoms with Gasteiger partial charge in [-0.3, -0.25) is 4.90 Å². The normalized spacial score (nSPS) is 18.6. The Morgan fingerprint density at radius 2 is 1.79 bits per heavy atom. The highest BCUT2D eigenvalue weighted by molar-refractivity contribution is 7.98. The molecule has 9 rings (SSSR count). The van der Waals surface area contributed by atoms with Crippen LogP contribution in [0.25, 0.3) is 32.9 Å². The fraction of sp³-hybridized carbons (Fsp3) is 0.452. The molecule has 0 radical (unpaired) electrons. The summed E-state index contributed by atoms with van der Waals surface area (Å²) in [5.41, 5.74) is 0.732. The van der Waals surface area contributed by atoms with E-state index in [2.05, 4.69) is 31.0 Å². The Kier molecular flexibility index (Phi) is 12.1. The molecule has 3 fully saturated rings. The van der Waals surface area contributed by atoms with Crippen molar-refractivity contribution in [1.29, 1.82) is 0 Å².